The van der Waals surface area contributed by atoms with E-state index >= 15 is 0 Å². The fourth-order valence-corrected chi connectivity index (χ4v) is 4.70. The number of rotatable bonds is 5. The molecule has 2 aliphatic rings. The molecule has 1 heterocycles. The number of nitrogens with one attached hydrogen (secondary N) is 1. The fraction of sp³-hybridized carbons (Fsp3) is 0.652. The van der Waals surface area contributed by atoms with Gasteiger partial charge < -0.3 is 19.7 Å². The average molecular weight is 471 g/mol. The highest BCUT2D eigenvalue weighted by Crippen LogP contribution is 2.44. The number of carbonyl (C=O) groups is 2. The number of nitrogens with zero attached hydrogens (tertiary/aromatic N) is 1. The van der Waals surface area contributed by atoms with Crippen LogP contribution in [0.5, 0.6) is 5.75 Å². The van der Waals surface area contributed by atoms with Crippen LogP contribution in [0.4, 0.5) is 4.79 Å². The molecule has 2 fully saturated rings. The number of halogens is 2. The Labute approximate surface area is 194 Å². The molecule has 0 radical (unpaired) electrons. The third kappa shape index (κ3) is 5.98. The summed E-state index contributed by atoms with van der Waals surface area (Å²) in [4.78, 5) is 27.3. The van der Waals surface area contributed by atoms with Crippen molar-refractivity contribution in [3.8, 4) is 5.75 Å². The Morgan fingerprint density at radius 2 is 1.90 bits per heavy atom. The van der Waals surface area contributed by atoms with E-state index in [9.17, 15) is 9.59 Å². The third-order valence-electron chi connectivity index (χ3n) is 5.96. The van der Waals surface area contributed by atoms with Crippen LogP contribution in [0.25, 0.3) is 0 Å². The van der Waals surface area contributed by atoms with Gasteiger partial charge in [-0.25, -0.2) is 4.79 Å². The molecule has 0 bridgehead atoms. The van der Waals surface area contributed by atoms with E-state index in [1.54, 1.807) is 18.1 Å². The minimum atomic E-state index is -0.605. The Balaban J connectivity index is 1.82. The minimum absolute atomic E-state index is 0.0151. The first-order valence-electron chi connectivity index (χ1n) is 10.9. The van der Waals surface area contributed by atoms with Gasteiger partial charge in [0.2, 0.25) is 5.91 Å². The van der Waals surface area contributed by atoms with Gasteiger partial charge in [0.15, 0.2) is 0 Å². The molecule has 2 atom stereocenters. The molecule has 0 spiro atoms. The van der Waals surface area contributed by atoms with Crippen LogP contribution < -0.4 is 10.1 Å². The summed E-state index contributed by atoms with van der Waals surface area (Å²) in [6.07, 6.45) is 4.27. The molecule has 31 heavy (non-hydrogen) atoms. The van der Waals surface area contributed by atoms with Crippen molar-refractivity contribution in [1.29, 1.82) is 0 Å². The zero-order valence-corrected chi connectivity index (χ0v) is 20.2. The van der Waals surface area contributed by atoms with E-state index in [4.69, 9.17) is 32.7 Å². The van der Waals surface area contributed by atoms with Crippen LogP contribution in [0, 0.1) is 0 Å². The van der Waals surface area contributed by atoms with Crippen LogP contribution in [0.1, 0.15) is 70.8 Å². The second-order valence-electron chi connectivity index (χ2n) is 9.43. The molecule has 1 aromatic carbocycles. The van der Waals surface area contributed by atoms with Gasteiger partial charge in [-0.15, -0.1) is 0 Å². The number of hydrogen-bond acceptors (Lipinski definition) is 4. The first kappa shape index (κ1) is 24.0. The van der Waals surface area contributed by atoms with Gasteiger partial charge in [-0.05, 0) is 70.9 Å². The van der Waals surface area contributed by atoms with Crippen LogP contribution in [0.3, 0.4) is 0 Å². The molecule has 1 saturated carbocycles. The van der Waals surface area contributed by atoms with Crippen LogP contribution in [0.15, 0.2) is 12.1 Å². The minimum Gasteiger partial charge on any atom is -0.496 e. The van der Waals surface area contributed by atoms with Crippen molar-refractivity contribution in [2.75, 3.05) is 13.7 Å². The van der Waals surface area contributed by atoms with Gasteiger partial charge in [0.1, 0.15) is 11.4 Å². The van der Waals surface area contributed by atoms with Crippen LogP contribution in [0.2, 0.25) is 10.0 Å². The normalized spacial score (nSPS) is 21.9. The summed E-state index contributed by atoms with van der Waals surface area (Å²) in [5.41, 5.74) is 0.233. The molecule has 0 aromatic heterocycles. The Kier molecular flexibility index (Phi) is 7.63. The lowest BCUT2D eigenvalue weighted by Gasteiger charge is -2.40. The van der Waals surface area contributed by atoms with Crippen molar-refractivity contribution in [3.63, 3.8) is 0 Å². The summed E-state index contributed by atoms with van der Waals surface area (Å²) in [7, 11) is 1.60. The van der Waals surface area contributed by atoms with Gasteiger partial charge in [0.25, 0.3) is 0 Å². The average Bonchev–Trinajstić information content (AvgIpc) is 2.65. The van der Waals surface area contributed by atoms with E-state index in [1.807, 2.05) is 26.8 Å². The molecule has 3 rings (SSSR count). The Morgan fingerprint density at radius 3 is 2.48 bits per heavy atom. The maximum absolute atomic E-state index is 12.9. The monoisotopic (exact) mass is 470 g/mol. The molecular weight excluding hydrogens is 439 g/mol. The third-order valence-corrected chi connectivity index (χ3v) is 6.77. The molecule has 1 aromatic rings. The Morgan fingerprint density at radius 1 is 1.19 bits per heavy atom. The summed E-state index contributed by atoms with van der Waals surface area (Å²) in [5, 5.41) is 4.01. The summed E-state index contributed by atoms with van der Waals surface area (Å²) < 4.78 is 11.2. The van der Waals surface area contributed by atoms with Crippen molar-refractivity contribution in [3.05, 3.63) is 27.7 Å². The van der Waals surface area contributed by atoms with E-state index in [0.29, 0.717) is 35.2 Å². The molecule has 0 unspecified atom stereocenters. The Hall–Kier alpha value is -1.66. The van der Waals surface area contributed by atoms with Gasteiger partial charge in [-0.1, -0.05) is 23.2 Å². The molecule has 1 aliphatic carbocycles. The highest BCUT2D eigenvalue weighted by Gasteiger charge is 2.38. The number of ether oxygens (including phenoxy) is 2. The lowest BCUT2D eigenvalue weighted by Crippen LogP contribution is -2.50. The molecule has 8 heteroatoms. The maximum Gasteiger partial charge on any atom is 0.410 e. The van der Waals surface area contributed by atoms with Crippen molar-refractivity contribution >= 4 is 35.2 Å². The highest BCUT2D eigenvalue weighted by atomic mass is 35.5. The number of hydrogen-bond donors (Lipinski definition) is 1. The second-order valence-corrected chi connectivity index (χ2v) is 10.2. The van der Waals surface area contributed by atoms with Crippen molar-refractivity contribution in [2.45, 2.75) is 82.9 Å². The van der Waals surface area contributed by atoms with Crippen molar-refractivity contribution in [1.82, 2.24) is 10.2 Å². The van der Waals surface area contributed by atoms with Gasteiger partial charge >= 0.3 is 6.09 Å². The molecule has 1 saturated heterocycles. The number of methoxy groups -OCH3 is 1. The standard InChI is InChI=1S/C23H32Cl2N2O4/c1-23(2,3)31-22(29)27-11-10-14(20-18(30-4)9-8-17(24)21(20)25)12-16(27)13-19(28)26-15-6-5-7-15/h8-9,14-16H,5-7,10-13H2,1-4H3,(H,26,28)/t14-,16+/m0/s1. The van der Waals surface area contributed by atoms with Crippen molar-refractivity contribution in [2.24, 2.45) is 0 Å². The SMILES string of the molecule is COc1ccc(Cl)c(Cl)c1[C@H]1CCN(C(=O)OC(C)(C)C)[C@@H](CC(=O)NC2CCC2)C1. The second kappa shape index (κ2) is 9.86. The maximum atomic E-state index is 12.9. The van der Waals surface area contributed by atoms with Gasteiger partial charge in [0.05, 0.1) is 17.2 Å². The lowest BCUT2D eigenvalue weighted by molar-refractivity contribution is -0.123. The topological polar surface area (TPSA) is 67.9 Å². The van der Waals surface area contributed by atoms with Crippen LogP contribution >= 0.6 is 23.2 Å². The number of piperidine rings is 1. The van der Waals surface area contributed by atoms with E-state index < -0.39 is 11.7 Å². The van der Waals surface area contributed by atoms with Crippen molar-refractivity contribution < 1.29 is 19.1 Å². The predicted molar refractivity (Wildman–Crippen MR) is 122 cm³/mol. The number of likely N-dealkylation sites (tertiary alicyclic amines) is 1. The molecule has 1 aliphatic heterocycles. The first-order valence-corrected chi connectivity index (χ1v) is 11.7. The molecule has 172 valence electrons. The Bertz CT molecular complexity index is 821. The van der Waals surface area contributed by atoms with E-state index in [0.717, 1.165) is 24.8 Å². The zero-order chi connectivity index (χ0) is 22.8. The number of benzene rings is 1. The molecule has 1 N–H and O–H groups in total. The van der Waals surface area contributed by atoms with Gasteiger partial charge in [-0.2, -0.15) is 0 Å². The summed E-state index contributed by atoms with van der Waals surface area (Å²) >= 11 is 12.8. The number of carbonyl (C=O) groups excluding carboxylic acids is 2. The molecule has 2 amide bonds. The smallest absolute Gasteiger partial charge is 0.410 e. The molecule has 6 nitrogen and oxygen atoms in total. The predicted octanol–water partition coefficient (Wildman–Crippen LogP) is 5.54. The van der Waals surface area contributed by atoms with Crippen LogP contribution in [-0.4, -0.2) is 48.2 Å². The first-order chi connectivity index (χ1) is 14.6. The largest absolute Gasteiger partial charge is 0.496 e. The van der Waals surface area contributed by atoms with Gasteiger partial charge in [-0.3, -0.25) is 4.79 Å². The molecular formula is C23H32Cl2N2O4. The van der Waals surface area contributed by atoms with Crippen LogP contribution in [-0.2, 0) is 9.53 Å². The lowest BCUT2D eigenvalue weighted by atomic mass is 9.83. The van der Waals surface area contributed by atoms with Gasteiger partial charge in [0, 0.05) is 30.6 Å². The zero-order valence-electron chi connectivity index (χ0n) is 18.7. The fourth-order valence-electron chi connectivity index (χ4n) is 4.23. The van der Waals surface area contributed by atoms with E-state index in [1.165, 1.54) is 0 Å². The quantitative estimate of drug-likeness (QED) is 0.612. The van der Waals surface area contributed by atoms with E-state index in [-0.39, 0.29) is 30.3 Å². The summed E-state index contributed by atoms with van der Waals surface area (Å²) in [5.74, 6) is 0.650. The summed E-state index contributed by atoms with van der Waals surface area (Å²) in [6, 6.07) is 3.48. The number of amides is 2. The summed E-state index contributed by atoms with van der Waals surface area (Å²) in [6.45, 7) is 5.98. The highest BCUT2D eigenvalue weighted by molar-refractivity contribution is 6.42. The van der Waals surface area contributed by atoms with E-state index in [2.05, 4.69) is 5.32 Å².